The highest BCUT2D eigenvalue weighted by Crippen LogP contribution is 2.21. The quantitative estimate of drug-likeness (QED) is 0.819. The van der Waals surface area contributed by atoms with E-state index in [-0.39, 0.29) is 0 Å². The van der Waals surface area contributed by atoms with Crippen molar-refractivity contribution in [3.05, 3.63) is 23.8 Å². The standard InChI is InChI=1S/C12H17N5/c1-8(2)7-17-12(14-15-16-17)10-5-4-9(3)11(13)6-10/h4-6,8H,7,13H2,1-3H3. The molecule has 0 saturated heterocycles. The summed E-state index contributed by atoms with van der Waals surface area (Å²) in [6.07, 6.45) is 0. The Morgan fingerprint density at radius 1 is 1.35 bits per heavy atom. The van der Waals surface area contributed by atoms with E-state index in [9.17, 15) is 0 Å². The summed E-state index contributed by atoms with van der Waals surface area (Å²) in [5.74, 6) is 1.27. The molecule has 0 amide bonds. The number of anilines is 1. The average Bonchev–Trinajstić information content (AvgIpc) is 2.69. The van der Waals surface area contributed by atoms with Gasteiger partial charge in [-0.1, -0.05) is 26.0 Å². The third kappa shape index (κ3) is 2.43. The van der Waals surface area contributed by atoms with Gasteiger partial charge in [-0.2, -0.15) is 0 Å². The van der Waals surface area contributed by atoms with Crippen molar-refractivity contribution in [2.24, 2.45) is 5.92 Å². The summed E-state index contributed by atoms with van der Waals surface area (Å²) in [4.78, 5) is 0. The molecule has 0 aliphatic heterocycles. The predicted octanol–water partition coefficient (Wildman–Crippen LogP) is 1.89. The van der Waals surface area contributed by atoms with Crippen LogP contribution in [-0.2, 0) is 6.54 Å². The van der Waals surface area contributed by atoms with E-state index < -0.39 is 0 Å². The van der Waals surface area contributed by atoms with Crippen molar-refractivity contribution in [3.63, 3.8) is 0 Å². The highest BCUT2D eigenvalue weighted by atomic mass is 15.5. The van der Waals surface area contributed by atoms with Crippen molar-refractivity contribution in [1.82, 2.24) is 20.2 Å². The molecule has 0 fully saturated rings. The van der Waals surface area contributed by atoms with Crippen LogP contribution in [0.15, 0.2) is 18.2 Å². The monoisotopic (exact) mass is 231 g/mol. The molecule has 5 nitrogen and oxygen atoms in total. The number of benzene rings is 1. The van der Waals surface area contributed by atoms with E-state index >= 15 is 0 Å². The van der Waals surface area contributed by atoms with Crippen LogP contribution in [0, 0.1) is 12.8 Å². The number of hydrogen-bond acceptors (Lipinski definition) is 4. The maximum atomic E-state index is 5.90. The van der Waals surface area contributed by atoms with Crippen LogP contribution in [0.1, 0.15) is 19.4 Å². The topological polar surface area (TPSA) is 69.6 Å². The van der Waals surface area contributed by atoms with Crippen molar-refractivity contribution in [2.75, 3.05) is 5.73 Å². The van der Waals surface area contributed by atoms with Crippen molar-refractivity contribution in [1.29, 1.82) is 0 Å². The molecule has 1 aromatic heterocycles. The van der Waals surface area contributed by atoms with Crippen LogP contribution in [0.4, 0.5) is 5.69 Å². The molecule has 0 saturated carbocycles. The summed E-state index contributed by atoms with van der Waals surface area (Å²) >= 11 is 0. The molecular weight excluding hydrogens is 214 g/mol. The first-order valence-corrected chi connectivity index (χ1v) is 5.70. The van der Waals surface area contributed by atoms with E-state index in [0.717, 1.165) is 29.2 Å². The summed E-state index contributed by atoms with van der Waals surface area (Å²) < 4.78 is 1.81. The van der Waals surface area contributed by atoms with Gasteiger partial charge in [0.05, 0.1) is 0 Å². The van der Waals surface area contributed by atoms with E-state index in [1.54, 1.807) is 0 Å². The first-order valence-electron chi connectivity index (χ1n) is 5.70. The Morgan fingerprint density at radius 2 is 2.12 bits per heavy atom. The summed E-state index contributed by atoms with van der Waals surface area (Å²) in [5.41, 5.74) is 8.69. The maximum Gasteiger partial charge on any atom is 0.182 e. The van der Waals surface area contributed by atoms with Crippen LogP contribution in [0.3, 0.4) is 0 Å². The highest BCUT2D eigenvalue weighted by molar-refractivity contribution is 5.63. The minimum absolute atomic E-state index is 0.500. The Morgan fingerprint density at radius 3 is 2.76 bits per heavy atom. The van der Waals surface area contributed by atoms with Gasteiger partial charge in [0, 0.05) is 17.8 Å². The fourth-order valence-electron chi connectivity index (χ4n) is 1.66. The SMILES string of the molecule is Cc1ccc(-c2nnnn2CC(C)C)cc1N. The molecule has 0 spiro atoms. The Bertz CT molecular complexity index is 515. The largest absolute Gasteiger partial charge is 0.398 e. The van der Waals surface area contributed by atoms with Crippen LogP contribution in [0.25, 0.3) is 11.4 Å². The Balaban J connectivity index is 2.39. The molecule has 2 aromatic rings. The van der Waals surface area contributed by atoms with Crippen molar-refractivity contribution >= 4 is 5.69 Å². The van der Waals surface area contributed by atoms with Gasteiger partial charge >= 0.3 is 0 Å². The van der Waals surface area contributed by atoms with Gasteiger partial charge in [-0.05, 0) is 34.9 Å². The second-order valence-corrected chi connectivity index (χ2v) is 4.65. The Hall–Kier alpha value is -1.91. The molecule has 17 heavy (non-hydrogen) atoms. The Labute approximate surface area is 101 Å². The van der Waals surface area contributed by atoms with Gasteiger partial charge in [-0.3, -0.25) is 0 Å². The lowest BCUT2D eigenvalue weighted by atomic mass is 10.1. The van der Waals surface area contributed by atoms with E-state index in [1.165, 1.54) is 0 Å². The first kappa shape index (κ1) is 11.6. The Kier molecular flexibility index (Phi) is 3.08. The lowest BCUT2D eigenvalue weighted by molar-refractivity contribution is 0.475. The number of nitrogens with two attached hydrogens (primary N) is 1. The maximum absolute atomic E-state index is 5.90. The number of hydrogen-bond donors (Lipinski definition) is 1. The molecule has 0 aliphatic rings. The molecule has 1 aromatic carbocycles. The van der Waals surface area contributed by atoms with E-state index in [2.05, 4.69) is 29.4 Å². The van der Waals surface area contributed by atoms with Crippen LogP contribution in [-0.4, -0.2) is 20.2 Å². The molecule has 0 radical (unpaired) electrons. The second kappa shape index (κ2) is 4.53. The number of aromatic nitrogens is 4. The average molecular weight is 231 g/mol. The van der Waals surface area contributed by atoms with Crippen LogP contribution in [0.2, 0.25) is 0 Å². The summed E-state index contributed by atoms with van der Waals surface area (Å²) in [5, 5.41) is 11.8. The molecule has 0 atom stereocenters. The van der Waals surface area contributed by atoms with Crippen molar-refractivity contribution in [2.45, 2.75) is 27.3 Å². The molecule has 2 rings (SSSR count). The van der Waals surface area contributed by atoms with Gasteiger partial charge in [-0.25, -0.2) is 4.68 Å². The van der Waals surface area contributed by atoms with E-state index in [4.69, 9.17) is 5.73 Å². The number of rotatable bonds is 3. The van der Waals surface area contributed by atoms with Crippen molar-refractivity contribution in [3.8, 4) is 11.4 Å². The minimum atomic E-state index is 0.500. The molecule has 0 bridgehead atoms. The fourth-order valence-corrected chi connectivity index (χ4v) is 1.66. The molecular formula is C12H17N5. The highest BCUT2D eigenvalue weighted by Gasteiger charge is 2.10. The van der Waals surface area contributed by atoms with Gasteiger partial charge in [0.2, 0.25) is 0 Å². The van der Waals surface area contributed by atoms with Gasteiger partial charge in [0.1, 0.15) is 0 Å². The lowest BCUT2D eigenvalue weighted by Gasteiger charge is -2.08. The number of nitrogen functional groups attached to an aromatic ring is 1. The molecule has 1 heterocycles. The number of aryl methyl sites for hydroxylation is 1. The second-order valence-electron chi connectivity index (χ2n) is 4.65. The summed E-state index contributed by atoms with van der Waals surface area (Å²) in [6.45, 7) is 7.05. The van der Waals surface area contributed by atoms with Gasteiger partial charge in [-0.15, -0.1) is 5.10 Å². The lowest BCUT2D eigenvalue weighted by Crippen LogP contribution is -2.08. The normalized spacial score (nSPS) is 11.1. The van der Waals surface area contributed by atoms with Crippen LogP contribution < -0.4 is 5.73 Å². The van der Waals surface area contributed by atoms with Crippen molar-refractivity contribution < 1.29 is 0 Å². The first-order chi connectivity index (χ1) is 8.08. The van der Waals surface area contributed by atoms with Crippen LogP contribution >= 0.6 is 0 Å². The fraction of sp³-hybridized carbons (Fsp3) is 0.417. The van der Waals surface area contributed by atoms with E-state index in [1.807, 2.05) is 29.8 Å². The summed E-state index contributed by atoms with van der Waals surface area (Å²) in [7, 11) is 0. The molecule has 5 heteroatoms. The van der Waals surface area contributed by atoms with Gasteiger partial charge in [0.15, 0.2) is 5.82 Å². The molecule has 0 unspecified atom stereocenters. The molecule has 90 valence electrons. The van der Waals surface area contributed by atoms with Crippen LogP contribution in [0.5, 0.6) is 0 Å². The molecule has 2 N–H and O–H groups in total. The zero-order valence-electron chi connectivity index (χ0n) is 10.4. The molecule has 0 aliphatic carbocycles. The zero-order chi connectivity index (χ0) is 12.4. The predicted molar refractivity (Wildman–Crippen MR) is 67.2 cm³/mol. The van der Waals surface area contributed by atoms with E-state index in [0.29, 0.717) is 5.92 Å². The third-order valence-corrected chi connectivity index (χ3v) is 2.61. The van der Waals surface area contributed by atoms with Gasteiger partial charge < -0.3 is 5.73 Å². The summed E-state index contributed by atoms with van der Waals surface area (Å²) in [6, 6.07) is 5.89. The smallest absolute Gasteiger partial charge is 0.182 e. The zero-order valence-corrected chi connectivity index (χ0v) is 10.4. The minimum Gasteiger partial charge on any atom is -0.398 e. The van der Waals surface area contributed by atoms with Gasteiger partial charge in [0.25, 0.3) is 0 Å². The third-order valence-electron chi connectivity index (χ3n) is 2.61. The number of tetrazole rings is 1. The number of nitrogens with zero attached hydrogens (tertiary/aromatic N) is 4.